The Morgan fingerprint density at radius 3 is 2.40 bits per heavy atom. The van der Waals surface area contributed by atoms with Crippen LogP contribution in [0.5, 0.6) is 0 Å². The fourth-order valence-corrected chi connectivity index (χ4v) is 5.12. The molecule has 0 aliphatic carbocycles. The van der Waals surface area contributed by atoms with Crippen molar-refractivity contribution in [2.45, 2.75) is 18.4 Å². The molecule has 0 aliphatic heterocycles. The van der Waals surface area contributed by atoms with Crippen molar-refractivity contribution in [1.29, 1.82) is 0 Å². The molecule has 3 aromatic carbocycles. The highest BCUT2D eigenvalue weighted by Crippen LogP contribution is 2.24. The Hall–Kier alpha value is -3.89. The summed E-state index contributed by atoms with van der Waals surface area (Å²) in [7, 11) is -2.38. The van der Waals surface area contributed by atoms with Crippen LogP contribution in [-0.2, 0) is 16.6 Å². The predicted octanol–water partition coefficient (Wildman–Crippen LogP) is 3.80. The summed E-state index contributed by atoms with van der Waals surface area (Å²) < 4.78 is 56.0. The molecule has 35 heavy (non-hydrogen) atoms. The number of nitrogens with zero attached hydrogens (tertiary/aromatic N) is 1. The number of amides is 1. The van der Waals surface area contributed by atoms with Crippen LogP contribution in [0.25, 0.3) is 10.9 Å². The van der Waals surface area contributed by atoms with E-state index in [4.69, 9.17) is 0 Å². The third-order valence-corrected chi connectivity index (χ3v) is 7.24. The number of pyridine rings is 1. The van der Waals surface area contributed by atoms with Crippen molar-refractivity contribution in [1.82, 2.24) is 9.29 Å². The molecule has 0 saturated carbocycles. The van der Waals surface area contributed by atoms with Crippen LogP contribution in [-0.4, -0.2) is 25.3 Å². The average molecular weight is 498 g/mol. The third-order valence-electron chi connectivity index (χ3n) is 5.55. The number of anilines is 1. The van der Waals surface area contributed by atoms with Crippen molar-refractivity contribution in [2.24, 2.45) is 0 Å². The maximum absolute atomic E-state index is 14.0. The molecule has 0 bridgehead atoms. The van der Waals surface area contributed by atoms with Gasteiger partial charge in [0, 0.05) is 29.9 Å². The topological polar surface area (TPSA) is 97.3 Å². The number of nitrogens with one attached hydrogen (secondary N) is 2. The molecule has 0 radical (unpaired) electrons. The Labute approximate surface area is 200 Å². The van der Waals surface area contributed by atoms with Gasteiger partial charge in [0.05, 0.1) is 10.4 Å². The molecule has 0 saturated heterocycles. The SMILES string of the molecule is CNCc1cc(S(=O)(=O)n2ccc(=O)c3ccc(NC(=O)c4c(F)cccc4F)cc32)ccc1C. The lowest BCUT2D eigenvalue weighted by Crippen LogP contribution is -2.19. The van der Waals surface area contributed by atoms with E-state index in [1.54, 1.807) is 19.2 Å². The number of carbonyl (C=O) groups is 1. The normalized spacial score (nSPS) is 11.5. The summed E-state index contributed by atoms with van der Waals surface area (Å²) in [4.78, 5) is 24.9. The van der Waals surface area contributed by atoms with Gasteiger partial charge in [-0.3, -0.25) is 9.59 Å². The van der Waals surface area contributed by atoms with E-state index in [9.17, 15) is 26.8 Å². The number of hydrogen-bond donors (Lipinski definition) is 2. The first-order chi connectivity index (χ1) is 16.6. The van der Waals surface area contributed by atoms with Crippen molar-refractivity contribution >= 4 is 32.5 Å². The van der Waals surface area contributed by atoms with Gasteiger partial charge in [0.1, 0.15) is 17.2 Å². The molecule has 0 atom stereocenters. The summed E-state index contributed by atoms with van der Waals surface area (Å²) in [6.45, 7) is 2.33. The van der Waals surface area contributed by atoms with Gasteiger partial charge >= 0.3 is 0 Å². The van der Waals surface area contributed by atoms with Crippen LogP contribution in [0.2, 0.25) is 0 Å². The fourth-order valence-electron chi connectivity index (χ4n) is 3.73. The van der Waals surface area contributed by atoms with Crippen LogP contribution >= 0.6 is 0 Å². The molecule has 10 heteroatoms. The summed E-state index contributed by atoms with van der Waals surface area (Å²) in [5.41, 5.74) is 0.554. The van der Waals surface area contributed by atoms with Gasteiger partial charge in [-0.2, -0.15) is 0 Å². The summed E-state index contributed by atoms with van der Waals surface area (Å²) in [5.74, 6) is -3.14. The van der Waals surface area contributed by atoms with E-state index in [2.05, 4.69) is 10.6 Å². The van der Waals surface area contributed by atoms with Crippen LogP contribution in [0.4, 0.5) is 14.5 Å². The highest BCUT2D eigenvalue weighted by Gasteiger charge is 2.21. The van der Waals surface area contributed by atoms with Gasteiger partial charge in [0.15, 0.2) is 5.43 Å². The highest BCUT2D eigenvalue weighted by molar-refractivity contribution is 7.90. The second kappa shape index (κ2) is 9.40. The largest absolute Gasteiger partial charge is 0.322 e. The van der Waals surface area contributed by atoms with Gasteiger partial charge in [-0.05, 0) is 67.6 Å². The number of aryl methyl sites for hydroxylation is 1. The third kappa shape index (κ3) is 4.58. The Morgan fingerprint density at radius 2 is 1.71 bits per heavy atom. The summed E-state index contributed by atoms with van der Waals surface area (Å²) in [6.07, 6.45) is 1.14. The number of hydrogen-bond acceptors (Lipinski definition) is 5. The molecule has 0 fully saturated rings. The number of fused-ring (bicyclic) bond motifs is 1. The fraction of sp³-hybridized carbons (Fsp3) is 0.120. The van der Waals surface area contributed by atoms with E-state index in [1.165, 1.54) is 24.3 Å². The minimum atomic E-state index is -4.13. The van der Waals surface area contributed by atoms with Gasteiger partial charge < -0.3 is 10.6 Å². The van der Waals surface area contributed by atoms with Gasteiger partial charge in [-0.15, -0.1) is 0 Å². The molecule has 1 aromatic heterocycles. The highest BCUT2D eigenvalue weighted by atomic mass is 32.2. The summed E-state index contributed by atoms with van der Waals surface area (Å²) in [6, 6.07) is 12.9. The molecule has 4 aromatic rings. The van der Waals surface area contributed by atoms with Gasteiger partial charge in [0.25, 0.3) is 15.9 Å². The van der Waals surface area contributed by atoms with Crippen molar-refractivity contribution in [3.63, 3.8) is 0 Å². The van der Waals surface area contributed by atoms with Crippen LogP contribution in [0.3, 0.4) is 0 Å². The van der Waals surface area contributed by atoms with E-state index in [1.807, 2.05) is 6.92 Å². The lowest BCUT2D eigenvalue weighted by Gasteiger charge is -2.15. The summed E-state index contributed by atoms with van der Waals surface area (Å²) >= 11 is 0. The molecular weight excluding hydrogens is 476 g/mol. The van der Waals surface area contributed by atoms with Gasteiger partial charge in [0.2, 0.25) is 0 Å². The monoisotopic (exact) mass is 497 g/mol. The molecule has 2 N–H and O–H groups in total. The maximum atomic E-state index is 14.0. The van der Waals surface area contributed by atoms with Crippen molar-refractivity contribution < 1.29 is 22.0 Å². The zero-order chi connectivity index (χ0) is 25.3. The van der Waals surface area contributed by atoms with Crippen molar-refractivity contribution in [2.75, 3.05) is 12.4 Å². The zero-order valence-corrected chi connectivity index (χ0v) is 19.6. The number of rotatable bonds is 6. The maximum Gasteiger partial charge on any atom is 0.268 e. The second-order valence-electron chi connectivity index (χ2n) is 7.88. The average Bonchev–Trinajstić information content (AvgIpc) is 2.80. The van der Waals surface area contributed by atoms with E-state index < -0.39 is 38.6 Å². The summed E-state index contributed by atoms with van der Waals surface area (Å²) in [5, 5.41) is 5.45. The van der Waals surface area contributed by atoms with Crippen LogP contribution < -0.4 is 16.1 Å². The first kappa shape index (κ1) is 24.2. The molecule has 4 rings (SSSR count). The molecule has 0 aliphatic rings. The zero-order valence-electron chi connectivity index (χ0n) is 18.8. The minimum Gasteiger partial charge on any atom is -0.322 e. The molecule has 0 spiro atoms. The number of aromatic nitrogens is 1. The molecule has 180 valence electrons. The predicted molar refractivity (Wildman–Crippen MR) is 129 cm³/mol. The van der Waals surface area contributed by atoms with E-state index in [0.29, 0.717) is 6.54 Å². The van der Waals surface area contributed by atoms with Crippen LogP contribution in [0.15, 0.2) is 76.6 Å². The van der Waals surface area contributed by atoms with E-state index in [0.717, 1.165) is 45.6 Å². The number of carbonyl (C=O) groups excluding carboxylic acids is 1. The Balaban J connectivity index is 1.82. The number of benzene rings is 3. The number of halogens is 2. The Morgan fingerprint density at radius 1 is 1.00 bits per heavy atom. The lowest BCUT2D eigenvalue weighted by atomic mass is 10.1. The molecule has 7 nitrogen and oxygen atoms in total. The van der Waals surface area contributed by atoms with Crippen molar-refractivity contribution in [3.8, 4) is 0 Å². The van der Waals surface area contributed by atoms with Crippen LogP contribution in [0, 0.1) is 18.6 Å². The lowest BCUT2D eigenvalue weighted by molar-refractivity contribution is 0.101. The first-order valence-electron chi connectivity index (χ1n) is 10.5. The quantitative estimate of drug-likeness (QED) is 0.423. The minimum absolute atomic E-state index is 0.0000436. The van der Waals surface area contributed by atoms with Crippen molar-refractivity contribution in [3.05, 3.63) is 105 Å². The van der Waals surface area contributed by atoms with Gasteiger partial charge in [-0.25, -0.2) is 21.2 Å². The smallest absolute Gasteiger partial charge is 0.268 e. The molecular formula is C25H21F2N3O4S. The van der Waals surface area contributed by atoms with E-state index in [-0.39, 0.29) is 21.5 Å². The Kier molecular flexibility index (Phi) is 6.51. The molecule has 1 amide bonds. The first-order valence-corrected chi connectivity index (χ1v) is 12.0. The van der Waals surface area contributed by atoms with Crippen LogP contribution in [0.1, 0.15) is 21.5 Å². The molecule has 1 heterocycles. The molecule has 0 unspecified atom stereocenters. The van der Waals surface area contributed by atoms with Gasteiger partial charge in [-0.1, -0.05) is 12.1 Å². The Bertz CT molecular complexity index is 1610. The standard InChI is InChI=1S/C25H21F2N3O4S/c1-15-6-8-18(12-16(15)14-28-2)35(33,34)30-11-10-23(31)19-9-7-17(13-22(19)30)29-25(32)24-20(26)4-3-5-21(24)27/h3-13,28H,14H2,1-2H3,(H,29,32). The van der Waals surface area contributed by atoms with E-state index >= 15 is 0 Å². The second-order valence-corrected chi connectivity index (χ2v) is 9.70.